The van der Waals surface area contributed by atoms with E-state index < -0.39 is 0 Å². The van der Waals surface area contributed by atoms with E-state index in [-0.39, 0.29) is 0 Å². The van der Waals surface area contributed by atoms with Gasteiger partial charge in [0.25, 0.3) is 0 Å². The fraction of sp³-hybridized carbons (Fsp3) is 0.556. The summed E-state index contributed by atoms with van der Waals surface area (Å²) in [6, 6.07) is 4.05. The van der Waals surface area contributed by atoms with E-state index in [0.717, 1.165) is 23.8 Å². The molecule has 74 valence electrons. The smallest absolute Gasteiger partial charge is 0.119 e. The van der Waals surface area contributed by atoms with Crippen LogP contribution >= 0.6 is 11.8 Å². The van der Waals surface area contributed by atoms with Crippen molar-refractivity contribution in [2.45, 2.75) is 12.3 Å². The number of hydrogen-bond acceptors (Lipinski definition) is 4. The van der Waals surface area contributed by atoms with E-state index in [1.165, 1.54) is 0 Å². The van der Waals surface area contributed by atoms with Crippen molar-refractivity contribution in [3.63, 3.8) is 0 Å². The molecule has 1 rings (SSSR count). The zero-order valence-corrected chi connectivity index (χ0v) is 9.15. The maximum absolute atomic E-state index is 5.56. The van der Waals surface area contributed by atoms with Crippen molar-refractivity contribution in [1.82, 2.24) is 10.4 Å². The first kappa shape index (κ1) is 10.6. The van der Waals surface area contributed by atoms with Crippen LogP contribution < -0.4 is 5.43 Å². The van der Waals surface area contributed by atoms with E-state index in [0.29, 0.717) is 0 Å². The van der Waals surface area contributed by atoms with Crippen molar-refractivity contribution in [3.8, 4) is 0 Å². The Balaban J connectivity index is 2.39. The van der Waals surface area contributed by atoms with Crippen LogP contribution in [0.5, 0.6) is 0 Å². The third-order valence-electron chi connectivity index (χ3n) is 1.57. The van der Waals surface area contributed by atoms with Crippen molar-refractivity contribution in [2.24, 2.45) is 0 Å². The number of nitrogens with zero attached hydrogens (tertiary/aromatic N) is 1. The highest BCUT2D eigenvalue weighted by molar-refractivity contribution is 7.97. The van der Waals surface area contributed by atoms with Gasteiger partial charge in [0.05, 0.1) is 12.3 Å². The molecule has 1 aromatic rings. The lowest BCUT2D eigenvalue weighted by Crippen LogP contribution is -2.29. The summed E-state index contributed by atoms with van der Waals surface area (Å²) in [6.07, 6.45) is 2.07. The van der Waals surface area contributed by atoms with Crippen molar-refractivity contribution in [2.75, 3.05) is 20.4 Å². The largest absolute Gasteiger partial charge is 0.464 e. The SMILES string of the molecule is CSCc1ccc(CNN(C)C)o1. The summed E-state index contributed by atoms with van der Waals surface area (Å²) in [5.41, 5.74) is 3.15. The third kappa shape index (κ3) is 3.85. The Bertz CT molecular complexity index is 248. The molecular weight excluding hydrogens is 184 g/mol. The van der Waals surface area contributed by atoms with Crippen molar-refractivity contribution in [1.29, 1.82) is 0 Å². The molecule has 1 N–H and O–H groups in total. The number of hydrazine groups is 1. The maximum atomic E-state index is 5.56. The minimum atomic E-state index is 0.751. The molecule has 0 aromatic carbocycles. The van der Waals surface area contributed by atoms with Crippen LogP contribution in [0.15, 0.2) is 16.5 Å². The first-order chi connectivity index (χ1) is 6.22. The Labute approximate surface area is 83.5 Å². The lowest BCUT2D eigenvalue weighted by molar-refractivity contribution is 0.270. The summed E-state index contributed by atoms with van der Waals surface area (Å²) in [7, 11) is 3.93. The van der Waals surface area contributed by atoms with Crippen molar-refractivity contribution >= 4 is 11.8 Å². The van der Waals surface area contributed by atoms with E-state index in [4.69, 9.17) is 4.42 Å². The van der Waals surface area contributed by atoms with Gasteiger partial charge in [-0.1, -0.05) is 0 Å². The summed E-state index contributed by atoms with van der Waals surface area (Å²) in [5, 5.41) is 1.91. The molecule has 0 unspecified atom stereocenters. The highest BCUT2D eigenvalue weighted by Gasteiger charge is 2.00. The Hall–Kier alpha value is -0.450. The zero-order valence-electron chi connectivity index (χ0n) is 8.33. The lowest BCUT2D eigenvalue weighted by atomic mass is 10.4. The minimum absolute atomic E-state index is 0.751. The van der Waals surface area contributed by atoms with E-state index >= 15 is 0 Å². The van der Waals surface area contributed by atoms with E-state index in [9.17, 15) is 0 Å². The second kappa shape index (κ2) is 5.32. The molecule has 13 heavy (non-hydrogen) atoms. The molecule has 0 aliphatic heterocycles. The topological polar surface area (TPSA) is 28.4 Å². The first-order valence-electron chi connectivity index (χ1n) is 4.19. The molecule has 0 saturated heterocycles. The van der Waals surface area contributed by atoms with Crippen LogP contribution in [0, 0.1) is 0 Å². The second-order valence-corrected chi connectivity index (χ2v) is 3.90. The molecular formula is C9H16N2OS. The van der Waals surface area contributed by atoms with Gasteiger partial charge >= 0.3 is 0 Å². The quantitative estimate of drug-likeness (QED) is 0.732. The fourth-order valence-electron chi connectivity index (χ4n) is 0.973. The monoisotopic (exact) mass is 200 g/mol. The fourth-order valence-corrected chi connectivity index (χ4v) is 1.41. The van der Waals surface area contributed by atoms with E-state index in [1.807, 2.05) is 31.2 Å². The predicted molar refractivity (Wildman–Crippen MR) is 56.5 cm³/mol. The lowest BCUT2D eigenvalue weighted by Gasteiger charge is -2.09. The van der Waals surface area contributed by atoms with Crippen LogP contribution in [-0.4, -0.2) is 25.4 Å². The third-order valence-corrected chi connectivity index (χ3v) is 2.15. The molecule has 0 amide bonds. The van der Waals surface area contributed by atoms with Gasteiger partial charge in [-0.05, 0) is 18.4 Å². The van der Waals surface area contributed by atoms with Gasteiger partial charge in [-0.2, -0.15) is 11.8 Å². The molecule has 0 bridgehead atoms. The molecule has 0 radical (unpaired) electrons. The molecule has 0 aliphatic rings. The van der Waals surface area contributed by atoms with Gasteiger partial charge in [0.15, 0.2) is 0 Å². The molecule has 3 nitrogen and oxygen atoms in total. The van der Waals surface area contributed by atoms with E-state index in [1.54, 1.807) is 11.8 Å². The van der Waals surface area contributed by atoms with Crippen LogP contribution in [0.1, 0.15) is 11.5 Å². The van der Waals surface area contributed by atoms with Gasteiger partial charge in [-0.3, -0.25) is 5.01 Å². The Morgan fingerprint density at radius 1 is 1.38 bits per heavy atom. The number of hydrogen-bond donors (Lipinski definition) is 1. The average Bonchev–Trinajstić information content (AvgIpc) is 2.50. The van der Waals surface area contributed by atoms with Crippen molar-refractivity contribution < 1.29 is 4.42 Å². The summed E-state index contributed by atoms with van der Waals surface area (Å²) in [5.74, 6) is 2.97. The summed E-state index contributed by atoms with van der Waals surface area (Å²) >= 11 is 1.77. The van der Waals surface area contributed by atoms with Gasteiger partial charge in [0.2, 0.25) is 0 Å². The first-order valence-corrected chi connectivity index (χ1v) is 5.59. The second-order valence-electron chi connectivity index (χ2n) is 3.03. The zero-order chi connectivity index (χ0) is 9.68. The molecule has 0 saturated carbocycles. The van der Waals surface area contributed by atoms with Crippen LogP contribution in [0.3, 0.4) is 0 Å². The average molecular weight is 200 g/mol. The van der Waals surface area contributed by atoms with Gasteiger partial charge in [0, 0.05) is 14.1 Å². The van der Waals surface area contributed by atoms with Crippen LogP contribution in [0.25, 0.3) is 0 Å². The van der Waals surface area contributed by atoms with Gasteiger partial charge in [-0.25, -0.2) is 5.43 Å². The Morgan fingerprint density at radius 3 is 2.69 bits per heavy atom. The predicted octanol–water partition coefficient (Wildman–Crippen LogP) is 1.71. The van der Waals surface area contributed by atoms with Crippen molar-refractivity contribution in [3.05, 3.63) is 23.7 Å². The highest BCUT2D eigenvalue weighted by Crippen LogP contribution is 2.12. The Kier molecular flexibility index (Phi) is 4.35. The summed E-state index contributed by atoms with van der Waals surface area (Å²) in [6.45, 7) is 0.751. The molecule has 0 atom stereocenters. The van der Waals surface area contributed by atoms with Gasteiger partial charge in [-0.15, -0.1) is 0 Å². The molecule has 0 fully saturated rings. The van der Waals surface area contributed by atoms with Crippen LogP contribution in [0.2, 0.25) is 0 Å². The van der Waals surface area contributed by atoms with E-state index in [2.05, 4.69) is 11.7 Å². The summed E-state index contributed by atoms with van der Waals surface area (Å²) in [4.78, 5) is 0. The molecule has 4 heteroatoms. The number of furan rings is 1. The van der Waals surface area contributed by atoms with Crippen LogP contribution in [-0.2, 0) is 12.3 Å². The normalized spacial score (nSPS) is 11.1. The van der Waals surface area contributed by atoms with Gasteiger partial charge < -0.3 is 4.42 Å². The maximum Gasteiger partial charge on any atom is 0.119 e. The molecule has 0 spiro atoms. The number of rotatable bonds is 5. The standard InChI is InChI=1S/C9H16N2OS/c1-11(2)10-6-8-4-5-9(12-8)7-13-3/h4-5,10H,6-7H2,1-3H3. The van der Waals surface area contributed by atoms with Crippen LogP contribution in [0.4, 0.5) is 0 Å². The highest BCUT2D eigenvalue weighted by atomic mass is 32.2. The van der Waals surface area contributed by atoms with Gasteiger partial charge in [0.1, 0.15) is 11.5 Å². The minimum Gasteiger partial charge on any atom is -0.464 e. The number of thioether (sulfide) groups is 1. The molecule has 0 aliphatic carbocycles. The number of nitrogens with one attached hydrogen (secondary N) is 1. The molecule has 1 heterocycles. The Morgan fingerprint density at radius 2 is 2.08 bits per heavy atom. The summed E-state index contributed by atoms with van der Waals surface area (Å²) < 4.78 is 5.56. The molecule has 1 aromatic heterocycles.